The highest BCUT2D eigenvalue weighted by Crippen LogP contribution is 2.34. The Labute approximate surface area is 152 Å². The molecule has 2 aromatic rings. The maximum atomic E-state index is 11.4. The van der Waals surface area contributed by atoms with Crippen LogP contribution in [0.2, 0.25) is 5.02 Å². The second-order valence-electron chi connectivity index (χ2n) is 4.69. The van der Waals surface area contributed by atoms with Gasteiger partial charge in [0.05, 0.1) is 30.0 Å². The number of hydrogen-bond acceptors (Lipinski definition) is 5. The van der Waals surface area contributed by atoms with Gasteiger partial charge in [-0.15, -0.1) is 0 Å². The third-order valence-corrected chi connectivity index (χ3v) is 4.40. The number of nitrogens with zero attached hydrogens (tertiary/aromatic N) is 1. The van der Waals surface area contributed by atoms with E-state index in [0.29, 0.717) is 22.2 Å². The number of ether oxygens (including phenoxy) is 2. The zero-order valence-electron chi connectivity index (χ0n) is 12.9. The first kappa shape index (κ1) is 18.5. The first-order chi connectivity index (χ1) is 11.6. The molecule has 0 aliphatic heterocycles. The first-order valence-electron chi connectivity index (χ1n) is 7.06. The smallest absolute Gasteiger partial charge is 0.407 e. The van der Waals surface area contributed by atoms with Crippen molar-refractivity contribution in [1.29, 1.82) is 0 Å². The van der Waals surface area contributed by atoms with Gasteiger partial charge in [0.25, 0.3) is 0 Å². The van der Waals surface area contributed by atoms with Crippen molar-refractivity contribution >= 4 is 33.6 Å². The van der Waals surface area contributed by atoms with Gasteiger partial charge in [-0.3, -0.25) is 0 Å². The Kier molecular flexibility index (Phi) is 6.84. The molecule has 0 radical (unpaired) electrons. The average Bonchev–Trinajstić information content (AvgIpc) is 2.60. The Hall–Kier alpha value is -1.83. The van der Waals surface area contributed by atoms with E-state index >= 15 is 0 Å². The number of aliphatic hydroxyl groups is 1. The van der Waals surface area contributed by atoms with Gasteiger partial charge >= 0.3 is 6.09 Å². The van der Waals surface area contributed by atoms with Crippen LogP contribution >= 0.6 is 27.5 Å². The summed E-state index contributed by atoms with van der Waals surface area (Å²) < 4.78 is 11.1. The molecule has 0 fully saturated rings. The highest BCUT2D eigenvalue weighted by Gasteiger charge is 2.13. The molecule has 0 aliphatic carbocycles. The number of alkyl carbamates (subject to hydrolysis) is 1. The summed E-state index contributed by atoms with van der Waals surface area (Å²) in [5.41, 5.74) is 2.02. The molecule has 24 heavy (non-hydrogen) atoms. The molecule has 6 nitrogen and oxygen atoms in total. The van der Waals surface area contributed by atoms with Crippen LogP contribution in [0, 0.1) is 0 Å². The fourth-order valence-electron chi connectivity index (χ4n) is 1.96. The van der Waals surface area contributed by atoms with Crippen LogP contribution in [0.4, 0.5) is 4.79 Å². The number of benzene rings is 1. The third kappa shape index (κ3) is 4.59. The summed E-state index contributed by atoms with van der Waals surface area (Å²) in [5.74, 6) is 0.346. The number of pyridine rings is 1. The van der Waals surface area contributed by atoms with E-state index in [4.69, 9.17) is 26.2 Å². The topological polar surface area (TPSA) is 80.7 Å². The van der Waals surface area contributed by atoms with Crippen LogP contribution in [0.25, 0.3) is 11.3 Å². The van der Waals surface area contributed by atoms with Gasteiger partial charge in [-0.05, 0) is 34.1 Å². The quantitative estimate of drug-likeness (QED) is 0.756. The minimum Gasteiger partial charge on any atom is -0.481 e. The van der Waals surface area contributed by atoms with Gasteiger partial charge in [-0.25, -0.2) is 9.78 Å². The van der Waals surface area contributed by atoms with Crippen LogP contribution in [-0.2, 0) is 11.3 Å². The van der Waals surface area contributed by atoms with Gasteiger partial charge in [0.1, 0.15) is 6.61 Å². The lowest BCUT2D eigenvalue weighted by Gasteiger charge is -2.12. The van der Waals surface area contributed by atoms with Crippen LogP contribution in [0.1, 0.15) is 5.56 Å². The molecule has 2 rings (SSSR count). The minimum atomic E-state index is -0.620. The van der Waals surface area contributed by atoms with Gasteiger partial charge in [0.2, 0.25) is 5.88 Å². The number of carbonyl (C=O) groups is 1. The number of amides is 1. The molecule has 128 valence electrons. The fourth-order valence-corrected chi connectivity index (χ4v) is 2.55. The molecular weight excluding hydrogens is 400 g/mol. The van der Waals surface area contributed by atoms with Crippen molar-refractivity contribution in [2.45, 2.75) is 6.61 Å². The molecule has 1 amide bonds. The second kappa shape index (κ2) is 8.86. The van der Waals surface area contributed by atoms with E-state index in [9.17, 15) is 4.79 Å². The molecule has 8 heteroatoms. The summed E-state index contributed by atoms with van der Waals surface area (Å²) in [5, 5.41) is 11.6. The predicted molar refractivity (Wildman–Crippen MR) is 94.2 cm³/mol. The SMILES string of the molecule is COc1nc(-c2cccc(Br)c2Cl)ccc1COC(=O)NCCO. The predicted octanol–water partition coefficient (Wildman–Crippen LogP) is 3.39. The summed E-state index contributed by atoms with van der Waals surface area (Å²) in [6, 6.07) is 9.10. The normalized spacial score (nSPS) is 10.3. The largest absolute Gasteiger partial charge is 0.481 e. The number of rotatable bonds is 6. The summed E-state index contributed by atoms with van der Waals surface area (Å²) in [6.07, 6.45) is -0.620. The zero-order valence-corrected chi connectivity index (χ0v) is 15.2. The number of halogens is 2. The van der Waals surface area contributed by atoms with Crippen molar-refractivity contribution in [3.05, 3.63) is 45.4 Å². The van der Waals surface area contributed by atoms with E-state index < -0.39 is 6.09 Å². The Morgan fingerprint density at radius 2 is 2.17 bits per heavy atom. The van der Waals surface area contributed by atoms with E-state index in [0.717, 1.165) is 10.0 Å². The standard InChI is InChI=1S/C16H16BrClN2O4/c1-23-15-10(9-24-16(22)19-7-8-21)5-6-13(20-15)11-3-2-4-12(17)14(11)18/h2-6,21H,7-9H2,1H3,(H,19,22). The maximum absolute atomic E-state index is 11.4. The molecule has 0 saturated carbocycles. The molecule has 2 N–H and O–H groups in total. The van der Waals surface area contributed by atoms with Crippen molar-refractivity contribution in [3.8, 4) is 17.1 Å². The number of carbonyl (C=O) groups excluding carboxylic acids is 1. The first-order valence-corrected chi connectivity index (χ1v) is 8.23. The van der Waals surface area contributed by atoms with Crippen molar-refractivity contribution in [2.24, 2.45) is 0 Å². The molecule has 0 saturated heterocycles. The third-order valence-electron chi connectivity index (χ3n) is 3.10. The van der Waals surface area contributed by atoms with E-state index in [2.05, 4.69) is 26.2 Å². The minimum absolute atomic E-state index is 0.0000679. The number of methoxy groups -OCH3 is 1. The van der Waals surface area contributed by atoms with E-state index in [1.165, 1.54) is 7.11 Å². The van der Waals surface area contributed by atoms with Gasteiger partial charge in [0.15, 0.2) is 0 Å². The molecule has 0 aliphatic rings. The lowest BCUT2D eigenvalue weighted by Crippen LogP contribution is -2.27. The van der Waals surface area contributed by atoms with Crippen LogP contribution in [-0.4, -0.2) is 36.4 Å². The summed E-state index contributed by atoms with van der Waals surface area (Å²) in [6.45, 7) is -0.0173. The van der Waals surface area contributed by atoms with Crippen LogP contribution in [0.5, 0.6) is 5.88 Å². The second-order valence-corrected chi connectivity index (χ2v) is 5.93. The maximum Gasteiger partial charge on any atom is 0.407 e. The van der Waals surface area contributed by atoms with Gasteiger partial charge < -0.3 is 19.9 Å². The fraction of sp³-hybridized carbons (Fsp3) is 0.250. The average molecular weight is 416 g/mol. The molecule has 1 heterocycles. The van der Waals surface area contributed by atoms with E-state index in [1.807, 2.05) is 18.2 Å². The molecule has 0 atom stereocenters. The molecule has 1 aromatic heterocycles. The molecule has 0 bridgehead atoms. The number of nitrogens with one attached hydrogen (secondary N) is 1. The number of hydrogen-bond donors (Lipinski definition) is 2. The zero-order chi connectivity index (χ0) is 17.5. The lowest BCUT2D eigenvalue weighted by atomic mass is 10.1. The van der Waals surface area contributed by atoms with Crippen LogP contribution in [0.15, 0.2) is 34.8 Å². The summed E-state index contributed by atoms with van der Waals surface area (Å²) in [4.78, 5) is 15.8. The van der Waals surface area contributed by atoms with E-state index in [1.54, 1.807) is 12.1 Å². The Balaban J connectivity index is 2.18. The molecular formula is C16H16BrClN2O4. The number of aromatic nitrogens is 1. The number of aliphatic hydroxyl groups excluding tert-OH is 1. The summed E-state index contributed by atoms with van der Waals surface area (Å²) in [7, 11) is 1.49. The van der Waals surface area contributed by atoms with Gasteiger partial charge in [0, 0.05) is 16.6 Å². The van der Waals surface area contributed by atoms with Crippen molar-refractivity contribution < 1.29 is 19.4 Å². The Bertz CT molecular complexity index is 727. The Morgan fingerprint density at radius 3 is 2.88 bits per heavy atom. The van der Waals surface area contributed by atoms with Gasteiger partial charge in [-0.2, -0.15) is 0 Å². The highest BCUT2D eigenvalue weighted by molar-refractivity contribution is 9.10. The monoisotopic (exact) mass is 414 g/mol. The highest BCUT2D eigenvalue weighted by atomic mass is 79.9. The molecule has 0 spiro atoms. The van der Waals surface area contributed by atoms with E-state index in [-0.39, 0.29) is 19.8 Å². The molecule has 0 unspecified atom stereocenters. The lowest BCUT2D eigenvalue weighted by molar-refractivity contribution is 0.135. The van der Waals surface area contributed by atoms with Crippen LogP contribution in [0.3, 0.4) is 0 Å². The van der Waals surface area contributed by atoms with Crippen molar-refractivity contribution in [2.75, 3.05) is 20.3 Å². The van der Waals surface area contributed by atoms with Crippen LogP contribution < -0.4 is 10.1 Å². The Morgan fingerprint density at radius 1 is 1.38 bits per heavy atom. The summed E-state index contributed by atoms with van der Waals surface area (Å²) >= 11 is 9.67. The van der Waals surface area contributed by atoms with Gasteiger partial charge in [-0.1, -0.05) is 23.7 Å². The molecule has 1 aromatic carbocycles. The van der Waals surface area contributed by atoms with Crippen molar-refractivity contribution in [3.63, 3.8) is 0 Å². The van der Waals surface area contributed by atoms with Crippen molar-refractivity contribution in [1.82, 2.24) is 10.3 Å².